The van der Waals surface area contributed by atoms with Crippen molar-refractivity contribution in [1.29, 1.82) is 0 Å². The molecule has 1 aromatic carbocycles. The van der Waals surface area contributed by atoms with Gasteiger partial charge in [0.1, 0.15) is 5.75 Å². The van der Waals surface area contributed by atoms with Gasteiger partial charge in [0.15, 0.2) is 0 Å². The second-order valence-electron chi connectivity index (χ2n) is 5.54. The Labute approximate surface area is 124 Å². The Morgan fingerprint density at radius 2 is 1.65 bits per heavy atom. The van der Waals surface area contributed by atoms with Crippen LogP contribution in [-0.2, 0) is 0 Å². The Kier molecular flexibility index (Phi) is 9.14. The van der Waals surface area contributed by atoms with Crippen molar-refractivity contribution in [2.75, 3.05) is 13.7 Å². The fraction of sp³-hybridized carbons (Fsp3) is 0.667. The number of methoxy groups -OCH3 is 1. The van der Waals surface area contributed by atoms with Gasteiger partial charge in [0.25, 0.3) is 0 Å². The van der Waals surface area contributed by atoms with E-state index in [1.807, 2.05) is 12.1 Å². The Morgan fingerprint density at radius 1 is 1.00 bits per heavy atom. The monoisotopic (exact) mass is 277 g/mol. The van der Waals surface area contributed by atoms with Crippen LogP contribution in [0.5, 0.6) is 5.75 Å². The molecule has 0 aliphatic rings. The van der Waals surface area contributed by atoms with Crippen LogP contribution in [0.25, 0.3) is 0 Å². The van der Waals surface area contributed by atoms with E-state index >= 15 is 0 Å². The lowest BCUT2D eigenvalue weighted by Crippen LogP contribution is -2.20. The average Bonchev–Trinajstić information content (AvgIpc) is 2.49. The lowest BCUT2D eigenvalue weighted by atomic mass is 10.1. The molecular formula is C18H31NO. The smallest absolute Gasteiger partial charge is 0.123 e. The standard InChI is InChI=1S/C18H31NO/c1-4-5-6-7-8-9-12-15-19-16(2)17-13-10-11-14-18(17)20-3/h10-11,13-14,16,19H,4-9,12,15H2,1-3H3/t16-/m0/s1. The lowest BCUT2D eigenvalue weighted by Gasteiger charge is -2.17. The largest absolute Gasteiger partial charge is 0.496 e. The van der Waals surface area contributed by atoms with Crippen molar-refractivity contribution in [1.82, 2.24) is 5.32 Å². The number of unbranched alkanes of at least 4 members (excludes halogenated alkanes) is 6. The van der Waals surface area contributed by atoms with Crippen molar-refractivity contribution in [3.63, 3.8) is 0 Å². The van der Waals surface area contributed by atoms with Crippen LogP contribution in [0, 0.1) is 0 Å². The molecule has 2 nitrogen and oxygen atoms in total. The lowest BCUT2D eigenvalue weighted by molar-refractivity contribution is 0.401. The van der Waals surface area contributed by atoms with Gasteiger partial charge in [0.2, 0.25) is 0 Å². The predicted octanol–water partition coefficient (Wildman–Crippen LogP) is 5.10. The normalized spacial score (nSPS) is 12.3. The second kappa shape index (κ2) is 10.7. The maximum atomic E-state index is 5.41. The summed E-state index contributed by atoms with van der Waals surface area (Å²) in [5, 5.41) is 3.60. The Hall–Kier alpha value is -1.02. The minimum absolute atomic E-state index is 0.353. The van der Waals surface area contributed by atoms with Crippen LogP contribution < -0.4 is 10.1 Å². The van der Waals surface area contributed by atoms with Gasteiger partial charge in [-0.05, 0) is 26.0 Å². The van der Waals surface area contributed by atoms with Gasteiger partial charge in [-0.25, -0.2) is 0 Å². The first kappa shape index (κ1) is 17.0. The van der Waals surface area contributed by atoms with Gasteiger partial charge in [0, 0.05) is 11.6 Å². The molecule has 0 spiro atoms. The summed E-state index contributed by atoms with van der Waals surface area (Å²) in [6.07, 6.45) is 9.52. The SMILES string of the molecule is CCCCCCCCCN[C@@H](C)c1ccccc1OC. The Balaban J connectivity index is 2.15. The Morgan fingerprint density at radius 3 is 2.35 bits per heavy atom. The second-order valence-corrected chi connectivity index (χ2v) is 5.54. The van der Waals surface area contributed by atoms with E-state index in [0.717, 1.165) is 12.3 Å². The summed E-state index contributed by atoms with van der Waals surface area (Å²) in [6, 6.07) is 8.61. The van der Waals surface area contributed by atoms with E-state index in [1.54, 1.807) is 7.11 Å². The van der Waals surface area contributed by atoms with Gasteiger partial charge in [-0.15, -0.1) is 0 Å². The summed E-state index contributed by atoms with van der Waals surface area (Å²) in [4.78, 5) is 0. The van der Waals surface area contributed by atoms with Crippen LogP contribution in [0.15, 0.2) is 24.3 Å². The summed E-state index contributed by atoms with van der Waals surface area (Å²) in [6.45, 7) is 5.56. The van der Waals surface area contributed by atoms with E-state index in [0.29, 0.717) is 6.04 Å². The van der Waals surface area contributed by atoms with Gasteiger partial charge in [-0.3, -0.25) is 0 Å². The molecule has 0 aromatic heterocycles. The van der Waals surface area contributed by atoms with E-state index in [-0.39, 0.29) is 0 Å². The van der Waals surface area contributed by atoms with Crippen molar-refractivity contribution < 1.29 is 4.74 Å². The van der Waals surface area contributed by atoms with E-state index in [9.17, 15) is 0 Å². The molecule has 0 heterocycles. The minimum Gasteiger partial charge on any atom is -0.496 e. The molecule has 114 valence electrons. The summed E-state index contributed by atoms with van der Waals surface area (Å²) < 4.78 is 5.41. The molecule has 0 fully saturated rings. The molecule has 0 aliphatic carbocycles. The number of para-hydroxylation sites is 1. The zero-order valence-corrected chi connectivity index (χ0v) is 13.5. The number of hydrogen-bond donors (Lipinski definition) is 1. The number of rotatable bonds is 11. The molecule has 0 saturated heterocycles. The van der Waals surface area contributed by atoms with Crippen molar-refractivity contribution in [2.24, 2.45) is 0 Å². The number of ether oxygens (including phenoxy) is 1. The molecule has 0 amide bonds. The fourth-order valence-corrected chi connectivity index (χ4v) is 2.53. The van der Waals surface area contributed by atoms with E-state index < -0.39 is 0 Å². The van der Waals surface area contributed by atoms with Crippen molar-refractivity contribution in [3.05, 3.63) is 29.8 Å². The highest BCUT2D eigenvalue weighted by atomic mass is 16.5. The first-order chi connectivity index (χ1) is 9.79. The summed E-state index contributed by atoms with van der Waals surface area (Å²) in [7, 11) is 1.74. The molecule has 0 saturated carbocycles. The molecular weight excluding hydrogens is 246 g/mol. The molecule has 1 rings (SSSR count). The van der Waals surface area contributed by atoms with E-state index in [1.165, 1.54) is 50.5 Å². The minimum atomic E-state index is 0.353. The molecule has 1 N–H and O–H groups in total. The van der Waals surface area contributed by atoms with Crippen molar-refractivity contribution >= 4 is 0 Å². The quantitative estimate of drug-likeness (QED) is 0.568. The molecule has 1 atom stereocenters. The van der Waals surface area contributed by atoms with Crippen LogP contribution in [0.3, 0.4) is 0 Å². The van der Waals surface area contributed by atoms with Crippen LogP contribution in [0.4, 0.5) is 0 Å². The van der Waals surface area contributed by atoms with E-state index in [2.05, 4.69) is 31.3 Å². The molecule has 1 aromatic rings. The first-order valence-electron chi connectivity index (χ1n) is 8.16. The molecule has 0 radical (unpaired) electrons. The highest BCUT2D eigenvalue weighted by Gasteiger charge is 2.09. The summed E-state index contributed by atoms with van der Waals surface area (Å²) in [5.74, 6) is 0.979. The third kappa shape index (κ3) is 6.42. The number of hydrogen-bond acceptors (Lipinski definition) is 2. The molecule has 0 unspecified atom stereocenters. The van der Waals surface area contributed by atoms with Gasteiger partial charge in [0.05, 0.1) is 7.11 Å². The molecule has 20 heavy (non-hydrogen) atoms. The van der Waals surface area contributed by atoms with Crippen LogP contribution in [0.1, 0.15) is 70.4 Å². The third-order valence-corrected chi connectivity index (χ3v) is 3.84. The molecule has 0 bridgehead atoms. The highest BCUT2D eigenvalue weighted by Crippen LogP contribution is 2.24. The van der Waals surface area contributed by atoms with E-state index in [4.69, 9.17) is 4.74 Å². The Bertz CT molecular complexity index is 351. The zero-order chi connectivity index (χ0) is 14.6. The van der Waals surface area contributed by atoms with Gasteiger partial charge < -0.3 is 10.1 Å². The predicted molar refractivity (Wildman–Crippen MR) is 87.4 cm³/mol. The highest BCUT2D eigenvalue weighted by molar-refractivity contribution is 5.35. The van der Waals surface area contributed by atoms with Crippen molar-refractivity contribution in [3.8, 4) is 5.75 Å². The summed E-state index contributed by atoms with van der Waals surface area (Å²) >= 11 is 0. The third-order valence-electron chi connectivity index (χ3n) is 3.84. The van der Waals surface area contributed by atoms with Crippen LogP contribution in [-0.4, -0.2) is 13.7 Å². The maximum absolute atomic E-state index is 5.41. The molecule has 2 heteroatoms. The van der Waals surface area contributed by atoms with Gasteiger partial charge >= 0.3 is 0 Å². The zero-order valence-electron chi connectivity index (χ0n) is 13.5. The average molecular weight is 277 g/mol. The van der Waals surface area contributed by atoms with Gasteiger partial charge in [-0.2, -0.15) is 0 Å². The topological polar surface area (TPSA) is 21.3 Å². The summed E-state index contributed by atoms with van der Waals surface area (Å²) in [5.41, 5.74) is 1.25. The van der Waals surface area contributed by atoms with Crippen LogP contribution >= 0.6 is 0 Å². The molecule has 0 aliphatic heterocycles. The fourth-order valence-electron chi connectivity index (χ4n) is 2.53. The van der Waals surface area contributed by atoms with Crippen LogP contribution in [0.2, 0.25) is 0 Å². The van der Waals surface area contributed by atoms with Gasteiger partial charge in [-0.1, -0.05) is 63.6 Å². The van der Waals surface area contributed by atoms with Crippen molar-refractivity contribution in [2.45, 2.75) is 64.8 Å². The first-order valence-corrected chi connectivity index (χ1v) is 8.16. The maximum Gasteiger partial charge on any atom is 0.123 e. The number of nitrogens with one attached hydrogen (secondary N) is 1. The number of benzene rings is 1.